The van der Waals surface area contributed by atoms with E-state index in [9.17, 15) is 0 Å². The van der Waals surface area contributed by atoms with Crippen molar-refractivity contribution in [3.8, 4) is 11.4 Å². The largest absolute Gasteiger partial charge is 0.309 e. The Morgan fingerprint density at radius 1 is 0.203 bits per heavy atom. The molecule has 0 bridgehead atoms. The van der Waals surface area contributed by atoms with Crippen LogP contribution in [0.25, 0.3) is 44.2 Å². The summed E-state index contributed by atoms with van der Waals surface area (Å²) >= 11 is 0. The Balaban J connectivity index is 1.08. The molecule has 0 saturated carbocycles. The molecule has 302 valence electrons. The van der Waals surface area contributed by atoms with Crippen LogP contribution in [0.5, 0.6) is 0 Å². The van der Waals surface area contributed by atoms with Gasteiger partial charge in [-0.05, 0) is 90.0 Å². The molecule has 12 rings (SSSR count). The standard InChI is InChI=1S/C60H44N2Si2/c1-7-25-47(26-8-1)63(48-27-9-2-10-28-48,49-29-11-3-12-30-49)53-37-19-23-45(43-53)61-55-39-21-41-57-59(55)60-56(61)40-22-42-58(60)62(57)46-24-20-38-54(44-46)64(50-31-13-4-14-32-50,51-33-15-5-16-34-51)52-35-17-6-18-36-52/h1-44H. The predicted molar refractivity (Wildman–Crippen MR) is 276 cm³/mol. The Morgan fingerprint density at radius 2 is 0.422 bits per heavy atom. The Bertz CT molecular complexity index is 3040. The van der Waals surface area contributed by atoms with Crippen LogP contribution < -0.4 is 41.5 Å². The fourth-order valence-electron chi connectivity index (χ4n) is 11.0. The number of rotatable bonds is 10. The maximum absolute atomic E-state index is 2.75. The van der Waals surface area contributed by atoms with Crippen molar-refractivity contribution in [1.29, 1.82) is 0 Å². The predicted octanol–water partition coefficient (Wildman–Crippen LogP) is 8.92. The average Bonchev–Trinajstić information content (AvgIpc) is 3.91. The maximum Gasteiger partial charge on any atom is 0.179 e. The minimum Gasteiger partial charge on any atom is -0.309 e. The summed E-state index contributed by atoms with van der Waals surface area (Å²) in [7, 11) is -5.49. The molecule has 0 spiro atoms. The first-order valence-electron chi connectivity index (χ1n) is 22.2. The van der Waals surface area contributed by atoms with Crippen molar-refractivity contribution < 1.29 is 0 Å². The van der Waals surface area contributed by atoms with E-state index >= 15 is 0 Å². The minimum atomic E-state index is -2.75. The van der Waals surface area contributed by atoms with Crippen LogP contribution in [0, 0.1) is 0 Å². The molecule has 0 saturated heterocycles. The third-order valence-electron chi connectivity index (χ3n) is 13.6. The van der Waals surface area contributed by atoms with Crippen LogP contribution in [0.3, 0.4) is 0 Å². The smallest absolute Gasteiger partial charge is 0.179 e. The Hall–Kier alpha value is -7.77. The van der Waals surface area contributed by atoms with Gasteiger partial charge in [-0.2, -0.15) is 0 Å². The van der Waals surface area contributed by atoms with Gasteiger partial charge in [0.1, 0.15) is 0 Å². The molecule has 2 heterocycles. The van der Waals surface area contributed by atoms with Gasteiger partial charge in [-0.25, -0.2) is 0 Å². The van der Waals surface area contributed by atoms with Crippen LogP contribution in [-0.2, 0) is 0 Å². The van der Waals surface area contributed by atoms with Gasteiger partial charge < -0.3 is 9.13 Å². The van der Waals surface area contributed by atoms with E-state index in [1.165, 1.54) is 85.7 Å². The third-order valence-corrected chi connectivity index (χ3v) is 23.1. The molecule has 4 heteroatoms. The van der Waals surface area contributed by atoms with Crippen LogP contribution in [0.2, 0.25) is 0 Å². The number of benzene rings is 10. The average molecular weight is 849 g/mol. The zero-order valence-electron chi connectivity index (χ0n) is 35.3. The van der Waals surface area contributed by atoms with E-state index in [4.69, 9.17) is 0 Å². The van der Waals surface area contributed by atoms with Crippen LogP contribution >= 0.6 is 0 Å². The molecule has 12 aromatic rings. The van der Waals surface area contributed by atoms with E-state index < -0.39 is 16.1 Å². The highest BCUT2D eigenvalue weighted by molar-refractivity contribution is 7.20. The zero-order chi connectivity index (χ0) is 42.5. The molecule has 2 nitrogen and oxygen atoms in total. The number of hydrogen-bond acceptors (Lipinski definition) is 0. The van der Waals surface area contributed by atoms with Gasteiger partial charge in [0.2, 0.25) is 0 Å². The van der Waals surface area contributed by atoms with Crippen LogP contribution in [0.1, 0.15) is 0 Å². The molecular weight excluding hydrogens is 805 g/mol. The maximum atomic E-state index is 2.51. The first kappa shape index (κ1) is 38.0. The van der Waals surface area contributed by atoms with Crippen LogP contribution in [0.4, 0.5) is 0 Å². The summed E-state index contributed by atoms with van der Waals surface area (Å²) in [6.45, 7) is 0. The molecule has 0 unspecified atom stereocenters. The molecule has 0 aliphatic heterocycles. The second kappa shape index (κ2) is 15.5. The summed E-state index contributed by atoms with van der Waals surface area (Å²) in [5.41, 5.74) is 7.19. The Morgan fingerprint density at radius 3 is 0.672 bits per heavy atom. The van der Waals surface area contributed by atoms with Gasteiger partial charge >= 0.3 is 0 Å². The molecule has 64 heavy (non-hydrogen) atoms. The molecule has 0 fully saturated rings. The monoisotopic (exact) mass is 848 g/mol. The van der Waals surface area contributed by atoms with Crippen molar-refractivity contribution in [2.45, 2.75) is 0 Å². The summed E-state index contributed by atoms with van der Waals surface area (Å²) in [5, 5.41) is 13.5. The minimum absolute atomic E-state index is 1.17. The van der Waals surface area contributed by atoms with Crippen LogP contribution in [0.15, 0.2) is 267 Å². The summed E-state index contributed by atoms with van der Waals surface area (Å²) in [6.07, 6.45) is 0. The van der Waals surface area contributed by atoms with E-state index in [2.05, 4.69) is 276 Å². The third kappa shape index (κ3) is 5.70. The van der Waals surface area contributed by atoms with Crippen molar-refractivity contribution in [1.82, 2.24) is 9.13 Å². The highest BCUT2D eigenvalue weighted by atomic mass is 28.3. The first-order valence-corrected chi connectivity index (χ1v) is 26.2. The summed E-state index contributed by atoms with van der Waals surface area (Å²) in [6, 6.07) is 99.8. The molecule has 0 atom stereocenters. The van der Waals surface area contributed by atoms with E-state index in [1.54, 1.807) is 0 Å². The molecule has 0 radical (unpaired) electrons. The van der Waals surface area contributed by atoms with E-state index in [0.29, 0.717) is 0 Å². The highest BCUT2D eigenvalue weighted by Gasteiger charge is 2.43. The second-order valence-corrected chi connectivity index (χ2v) is 24.4. The van der Waals surface area contributed by atoms with Gasteiger partial charge in [-0.3, -0.25) is 0 Å². The van der Waals surface area contributed by atoms with Gasteiger partial charge in [-0.15, -0.1) is 0 Å². The number of nitrogens with zero attached hydrogens (tertiary/aromatic N) is 2. The van der Waals surface area contributed by atoms with Crippen molar-refractivity contribution in [3.63, 3.8) is 0 Å². The number of hydrogen-bond donors (Lipinski definition) is 0. The fraction of sp³-hybridized carbons (Fsp3) is 0. The summed E-state index contributed by atoms with van der Waals surface area (Å²) < 4.78 is 5.01. The Labute approximate surface area is 376 Å². The molecule has 0 aliphatic carbocycles. The highest BCUT2D eigenvalue weighted by Crippen LogP contribution is 2.42. The quantitative estimate of drug-likeness (QED) is 0.0962. The lowest BCUT2D eigenvalue weighted by atomic mass is 10.2. The van der Waals surface area contributed by atoms with E-state index in [1.807, 2.05) is 0 Å². The molecule has 0 N–H and O–H groups in total. The second-order valence-electron chi connectivity index (χ2n) is 16.8. The normalized spacial score (nSPS) is 12.1. The zero-order valence-corrected chi connectivity index (χ0v) is 37.3. The molecule has 10 aromatic carbocycles. The van der Waals surface area contributed by atoms with Gasteiger partial charge in [0, 0.05) is 22.1 Å². The lowest BCUT2D eigenvalue weighted by molar-refractivity contribution is 1.16. The van der Waals surface area contributed by atoms with Gasteiger partial charge in [0.15, 0.2) is 16.1 Å². The first-order chi connectivity index (χ1) is 31.8. The van der Waals surface area contributed by atoms with Gasteiger partial charge in [0.05, 0.1) is 22.1 Å². The van der Waals surface area contributed by atoms with E-state index in [0.717, 1.165) is 0 Å². The SMILES string of the molecule is c1ccc([Si](c2ccccc2)(c2ccccc2)c2cccc(-n3c4cccc5c4c4c3cccc4n5-c3cccc([Si](c4ccccc4)(c4ccccc4)c4ccccc4)c3)c2)cc1. The van der Waals surface area contributed by atoms with Crippen molar-refractivity contribution in [2.24, 2.45) is 0 Å². The fourth-order valence-corrected chi connectivity index (χ4v) is 20.6. The van der Waals surface area contributed by atoms with Crippen LogP contribution in [-0.4, -0.2) is 25.3 Å². The summed E-state index contributed by atoms with van der Waals surface area (Å²) in [4.78, 5) is 0. The van der Waals surface area contributed by atoms with E-state index in [-0.39, 0.29) is 0 Å². The van der Waals surface area contributed by atoms with Crippen molar-refractivity contribution in [2.75, 3.05) is 0 Å². The molecule has 0 amide bonds. The van der Waals surface area contributed by atoms with Crippen molar-refractivity contribution in [3.05, 3.63) is 267 Å². The summed E-state index contributed by atoms with van der Waals surface area (Å²) in [5.74, 6) is 0. The Kier molecular flexibility index (Phi) is 9.22. The van der Waals surface area contributed by atoms with Crippen molar-refractivity contribution >= 4 is 90.5 Å². The molecule has 2 aromatic heterocycles. The topological polar surface area (TPSA) is 9.86 Å². The number of aromatic nitrogens is 2. The lowest BCUT2D eigenvalue weighted by Crippen LogP contribution is -2.74. The van der Waals surface area contributed by atoms with Gasteiger partial charge in [-0.1, -0.05) is 218 Å². The molecule has 0 aliphatic rings. The lowest BCUT2D eigenvalue weighted by Gasteiger charge is -2.34. The van der Waals surface area contributed by atoms with Gasteiger partial charge in [0.25, 0.3) is 0 Å². The molecular formula is C60H44N2Si2.